The van der Waals surface area contributed by atoms with Gasteiger partial charge in [0, 0.05) is 27.9 Å². The Morgan fingerprint density at radius 2 is 1.67 bits per heavy atom. The molecule has 1 N–H and O–H groups in total. The molecule has 1 unspecified atom stereocenters. The van der Waals surface area contributed by atoms with E-state index < -0.39 is 35.2 Å². The summed E-state index contributed by atoms with van der Waals surface area (Å²) in [7, 11) is 0. The summed E-state index contributed by atoms with van der Waals surface area (Å²) >= 11 is 5.89. The lowest BCUT2D eigenvalue weighted by molar-refractivity contribution is -0.180. The summed E-state index contributed by atoms with van der Waals surface area (Å²) in [4.78, 5) is 3.87. The third-order valence-corrected chi connectivity index (χ3v) is 7.06. The Balaban J connectivity index is 1.31. The normalized spacial score (nSPS) is 14.7. The molecule has 8 nitrogen and oxygen atoms in total. The summed E-state index contributed by atoms with van der Waals surface area (Å²) in [5.74, 6) is 1.35. The van der Waals surface area contributed by atoms with Crippen LogP contribution in [-0.2, 0) is 19.1 Å². The van der Waals surface area contributed by atoms with E-state index in [1.807, 2.05) is 12.1 Å². The summed E-state index contributed by atoms with van der Waals surface area (Å²) in [6.07, 6.45) is 2.99. The van der Waals surface area contributed by atoms with Crippen molar-refractivity contribution in [3.8, 4) is 23.7 Å². The van der Waals surface area contributed by atoms with E-state index in [1.165, 1.54) is 6.07 Å². The van der Waals surface area contributed by atoms with Crippen LogP contribution in [0.25, 0.3) is 0 Å². The van der Waals surface area contributed by atoms with E-state index >= 15 is 8.78 Å². The van der Waals surface area contributed by atoms with Gasteiger partial charge in [-0.2, -0.15) is 14.0 Å². The van der Waals surface area contributed by atoms with Crippen molar-refractivity contribution in [1.82, 2.24) is 25.2 Å². The maximum absolute atomic E-state index is 16.0. The number of allylic oxidation sites excluding steroid dienone is 3. The minimum absolute atomic E-state index is 0.0878. The number of ether oxygens (including phenoxy) is 1. The second kappa shape index (κ2) is 12.5. The van der Waals surface area contributed by atoms with Gasteiger partial charge in [0.2, 0.25) is 0 Å². The van der Waals surface area contributed by atoms with Gasteiger partial charge in [-0.15, -0.1) is 5.10 Å². The first-order chi connectivity index (χ1) is 20.7. The molecule has 0 saturated carbocycles. The molecule has 43 heavy (non-hydrogen) atoms. The van der Waals surface area contributed by atoms with Gasteiger partial charge >= 0.3 is 5.92 Å². The highest BCUT2D eigenvalue weighted by Crippen LogP contribution is 2.47. The van der Waals surface area contributed by atoms with Crippen LogP contribution in [0.4, 0.5) is 13.2 Å². The molecule has 2 aromatic carbocycles. The molecule has 5 rings (SSSR count). The van der Waals surface area contributed by atoms with Gasteiger partial charge in [0.1, 0.15) is 30.2 Å². The molecule has 2 heterocycles. The van der Waals surface area contributed by atoms with Crippen LogP contribution in [-0.4, -0.2) is 35.9 Å². The average Bonchev–Trinajstić information content (AvgIpc) is 3.52. The molecule has 4 aromatic rings. The molecule has 12 heteroatoms. The monoisotopic (exact) mass is 602 g/mol. The number of aromatic nitrogens is 5. The van der Waals surface area contributed by atoms with E-state index in [1.54, 1.807) is 36.4 Å². The molecule has 1 aliphatic carbocycles. The van der Waals surface area contributed by atoms with E-state index in [0.29, 0.717) is 29.0 Å². The van der Waals surface area contributed by atoms with Gasteiger partial charge in [0.25, 0.3) is 0 Å². The minimum atomic E-state index is -4.04. The van der Waals surface area contributed by atoms with E-state index in [4.69, 9.17) is 21.6 Å². The van der Waals surface area contributed by atoms with Crippen molar-refractivity contribution in [3.05, 3.63) is 124 Å². The number of pyridine rings is 1. The fourth-order valence-electron chi connectivity index (χ4n) is 4.42. The zero-order valence-corrected chi connectivity index (χ0v) is 23.1. The second-order valence-corrected chi connectivity index (χ2v) is 10.1. The van der Waals surface area contributed by atoms with Crippen molar-refractivity contribution < 1.29 is 23.0 Å². The lowest BCUT2D eigenvalue weighted by Crippen LogP contribution is -2.52. The highest BCUT2D eigenvalue weighted by atomic mass is 35.5. The van der Waals surface area contributed by atoms with E-state index in [9.17, 15) is 9.50 Å². The van der Waals surface area contributed by atoms with Gasteiger partial charge in [0.15, 0.2) is 5.60 Å². The molecule has 1 atom stereocenters. The number of aliphatic hydroxyl groups is 1. The van der Waals surface area contributed by atoms with Gasteiger partial charge in [0.05, 0.1) is 18.2 Å². The molecule has 0 bridgehead atoms. The first kappa shape index (κ1) is 29.5. The third kappa shape index (κ3) is 6.59. The van der Waals surface area contributed by atoms with Gasteiger partial charge < -0.3 is 9.84 Å². The van der Waals surface area contributed by atoms with E-state index in [0.717, 1.165) is 34.9 Å². The number of hydrogen-bond donors (Lipinski definition) is 1. The van der Waals surface area contributed by atoms with Crippen LogP contribution in [0.15, 0.2) is 95.7 Å². The van der Waals surface area contributed by atoms with Crippen LogP contribution in [0.2, 0.25) is 0 Å². The Bertz CT molecular complexity index is 1760. The number of hydrogen-bond acceptors (Lipinski definition) is 7. The lowest BCUT2D eigenvalue weighted by atomic mass is 9.80. The van der Waals surface area contributed by atoms with Gasteiger partial charge in [-0.25, -0.2) is 9.07 Å². The fourth-order valence-corrected chi connectivity index (χ4v) is 4.61. The number of halogens is 4. The summed E-state index contributed by atoms with van der Waals surface area (Å²) < 4.78 is 53.5. The maximum Gasteiger partial charge on any atom is 0.323 e. The van der Waals surface area contributed by atoms with Crippen LogP contribution in [0.1, 0.15) is 40.8 Å². The highest BCUT2D eigenvalue weighted by molar-refractivity contribution is 6.29. The molecule has 1 aliphatic rings. The Morgan fingerprint density at radius 1 is 0.977 bits per heavy atom. The molecular formula is C31H22ClF3N6O2. The molecule has 216 valence electrons. The first-order valence-corrected chi connectivity index (χ1v) is 13.3. The van der Waals surface area contributed by atoms with Crippen LogP contribution < -0.4 is 4.74 Å². The van der Waals surface area contributed by atoms with Crippen LogP contribution in [0.5, 0.6) is 5.75 Å². The molecule has 2 aromatic heterocycles. The highest BCUT2D eigenvalue weighted by Gasteiger charge is 2.58. The van der Waals surface area contributed by atoms with E-state index in [-0.39, 0.29) is 17.9 Å². The smallest absolute Gasteiger partial charge is 0.323 e. The zero-order chi connectivity index (χ0) is 30.5. The first-order valence-electron chi connectivity index (χ1n) is 12.9. The van der Waals surface area contributed by atoms with Crippen LogP contribution >= 0.6 is 11.6 Å². The minimum Gasteiger partial charge on any atom is -0.489 e. The van der Waals surface area contributed by atoms with E-state index in [2.05, 4.69) is 38.4 Å². The van der Waals surface area contributed by atoms with Gasteiger partial charge in [-0.05, 0) is 83.4 Å². The standard InChI is InChI=1S/C31H22ClF3N6O2/c32-25-10-13-27(28(33)15-25)30(42,19-41-20-38-39-40-41)31(34,35)29-14-9-23(17-37-29)4-1-21-7-11-26(12-8-21)43-18-24-5-2-22(16-36)3-6-24/h2-3,5-9,11-12,14-15,17,20,42H,10,13,18-19H2. The molecule has 0 radical (unpaired) electrons. The van der Waals surface area contributed by atoms with Crippen molar-refractivity contribution in [2.75, 3.05) is 0 Å². The third-order valence-electron chi connectivity index (χ3n) is 6.77. The van der Waals surface area contributed by atoms with Gasteiger partial charge in [-0.3, -0.25) is 4.98 Å². The number of nitrogens with zero attached hydrogens (tertiary/aromatic N) is 6. The predicted molar refractivity (Wildman–Crippen MR) is 150 cm³/mol. The number of alkyl halides is 2. The molecule has 0 fully saturated rings. The molecular weight excluding hydrogens is 581 g/mol. The Labute approximate surface area is 249 Å². The molecule has 0 spiro atoms. The maximum atomic E-state index is 16.0. The van der Waals surface area contributed by atoms with Crippen molar-refractivity contribution in [2.45, 2.75) is 37.5 Å². The molecule has 0 aliphatic heterocycles. The number of rotatable bonds is 8. The lowest BCUT2D eigenvalue weighted by Gasteiger charge is -2.38. The topological polar surface area (TPSA) is 110 Å². The fraction of sp³-hybridized carbons (Fsp3) is 0.194. The van der Waals surface area contributed by atoms with Gasteiger partial charge in [-0.1, -0.05) is 35.6 Å². The Hall–Kier alpha value is -4.97. The Morgan fingerprint density at radius 3 is 2.30 bits per heavy atom. The second-order valence-electron chi connectivity index (χ2n) is 9.66. The largest absolute Gasteiger partial charge is 0.489 e. The van der Waals surface area contributed by atoms with Crippen molar-refractivity contribution >= 4 is 11.6 Å². The summed E-state index contributed by atoms with van der Waals surface area (Å²) in [5, 5.41) is 30.8. The number of nitriles is 1. The number of benzene rings is 2. The summed E-state index contributed by atoms with van der Waals surface area (Å²) in [6.45, 7) is -0.490. The van der Waals surface area contributed by atoms with Crippen LogP contribution in [0.3, 0.4) is 0 Å². The summed E-state index contributed by atoms with van der Waals surface area (Å²) in [6, 6.07) is 18.5. The summed E-state index contributed by atoms with van der Waals surface area (Å²) in [5.41, 5.74) is -1.84. The molecule has 0 amide bonds. The zero-order valence-electron chi connectivity index (χ0n) is 22.4. The van der Waals surface area contributed by atoms with Crippen molar-refractivity contribution in [2.24, 2.45) is 0 Å². The quantitative estimate of drug-likeness (QED) is 0.262. The van der Waals surface area contributed by atoms with Crippen LogP contribution in [0, 0.1) is 23.2 Å². The predicted octanol–water partition coefficient (Wildman–Crippen LogP) is 5.58. The average molecular weight is 603 g/mol. The Kier molecular flexibility index (Phi) is 8.58. The SMILES string of the molecule is N#Cc1ccc(COc2ccc(C#Cc3ccc(C(F)(F)C(O)(Cn4cnnn4)C4=C(F)C=C(Cl)CC4)nc3)cc2)cc1. The molecule has 0 saturated heterocycles. The van der Waals surface area contributed by atoms with Crippen molar-refractivity contribution in [1.29, 1.82) is 5.26 Å². The number of tetrazole rings is 1. The van der Waals surface area contributed by atoms with Crippen molar-refractivity contribution in [3.63, 3.8) is 0 Å².